The molecule has 0 fully saturated rings. The molecule has 5 rings (SSSR count). The van der Waals surface area contributed by atoms with E-state index in [1.165, 1.54) is 0 Å². The Hall–Kier alpha value is -4.46. The molecule has 0 spiro atoms. The lowest BCUT2D eigenvalue weighted by molar-refractivity contribution is 0.394. The van der Waals surface area contributed by atoms with Gasteiger partial charge in [-0.05, 0) is 36.2 Å². The number of rotatable bonds is 8. The summed E-state index contributed by atoms with van der Waals surface area (Å²) in [6.45, 7) is 0.725. The molecule has 35 heavy (non-hydrogen) atoms. The predicted octanol–water partition coefficient (Wildman–Crippen LogP) is 4.82. The van der Waals surface area contributed by atoms with Gasteiger partial charge in [0.2, 0.25) is 0 Å². The predicted molar refractivity (Wildman–Crippen MR) is 136 cm³/mol. The molecule has 5 aromatic rings. The minimum absolute atomic E-state index is 0.725. The molecule has 0 bridgehead atoms. The number of hydrogen-bond acceptors (Lipinski definition) is 7. The summed E-state index contributed by atoms with van der Waals surface area (Å²) >= 11 is 0. The van der Waals surface area contributed by atoms with Crippen molar-refractivity contribution in [2.75, 3.05) is 25.7 Å². The fourth-order valence-electron chi connectivity index (χ4n) is 4.00. The van der Waals surface area contributed by atoms with Crippen LogP contribution in [0.2, 0.25) is 0 Å². The van der Waals surface area contributed by atoms with Crippen LogP contribution < -0.4 is 14.4 Å². The molecule has 0 saturated carbocycles. The number of anilines is 2. The summed E-state index contributed by atoms with van der Waals surface area (Å²) in [6, 6.07) is 16.1. The Morgan fingerprint density at radius 1 is 0.886 bits per heavy atom. The molecule has 0 radical (unpaired) electrons. The van der Waals surface area contributed by atoms with Crippen molar-refractivity contribution >= 4 is 22.4 Å². The molecule has 0 aliphatic carbocycles. The highest BCUT2D eigenvalue weighted by Crippen LogP contribution is 2.34. The van der Waals surface area contributed by atoms with Gasteiger partial charge in [-0.2, -0.15) is 5.10 Å². The molecule has 0 amide bonds. The second kappa shape index (κ2) is 9.80. The van der Waals surface area contributed by atoms with Crippen molar-refractivity contribution in [3.05, 3.63) is 85.1 Å². The Bertz CT molecular complexity index is 1430. The number of ether oxygens (including phenoxy) is 2. The van der Waals surface area contributed by atoms with Crippen LogP contribution in [0.1, 0.15) is 5.56 Å². The van der Waals surface area contributed by atoms with Gasteiger partial charge in [-0.1, -0.05) is 6.07 Å². The van der Waals surface area contributed by atoms with E-state index in [2.05, 4.69) is 38.2 Å². The molecule has 0 saturated heterocycles. The van der Waals surface area contributed by atoms with Gasteiger partial charge in [0.1, 0.15) is 11.5 Å². The number of benzene rings is 2. The summed E-state index contributed by atoms with van der Waals surface area (Å²) in [7, 11) is 5.20. The quantitative estimate of drug-likeness (QED) is 0.324. The maximum Gasteiger partial charge on any atom is 0.124 e. The lowest BCUT2D eigenvalue weighted by Gasteiger charge is -2.26. The zero-order valence-corrected chi connectivity index (χ0v) is 19.9. The fourth-order valence-corrected chi connectivity index (χ4v) is 4.00. The Morgan fingerprint density at radius 3 is 2.40 bits per heavy atom. The zero-order valence-electron chi connectivity index (χ0n) is 19.9. The van der Waals surface area contributed by atoms with Crippen molar-refractivity contribution in [3.63, 3.8) is 0 Å². The second-order valence-corrected chi connectivity index (χ2v) is 8.16. The summed E-state index contributed by atoms with van der Waals surface area (Å²) in [6.07, 6.45) is 10.0. The van der Waals surface area contributed by atoms with Gasteiger partial charge in [0.25, 0.3) is 0 Å². The van der Waals surface area contributed by atoms with Crippen molar-refractivity contribution in [1.82, 2.24) is 24.7 Å². The normalized spacial score (nSPS) is 10.9. The van der Waals surface area contributed by atoms with Crippen molar-refractivity contribution < 1.29 is 9.47 Å². The van der Waals surface area contributed by atoms with E-state index < -0.39 is 0 Å². The molecule has 0 aliphatic heterocycles. The maximum absolute atomic E-state index is 5.54. The molecule has 0 unspecified atom stereocenters. The van der Waals surface area contributed by atoms with Crippen molar-refractivity contribution in [1.29, 1.82) is 0 Å². The average molecular weight is 467 g/mol. The largest absolute Gasteiger partial charge is 0.497 e. The van der Waals surface area contributed by atoms with Crippen LogP contribution in [0.5, 0.6) is 11.5 Å². The maximum atomic E-state index is 5.54. The van der Waals surface area contributed by atoms with E-state index in [1.54, 1.807) is 37.5 Å². The standard InChI is InChI=1S/C27H26N6O2/c1-32-18-20(16-30-32)27-17-29-25-7-6-21(13-26(25)31-27)33(10-8-19-5-4-9-28-15-19)22-11-23(34-2)14-24(12-22)35-3/h4-7,9,11-18H,8,10H2,1-3H3. The first-order valence-electron chi connectivity index (χ1n) is 11.3. The summed E-state index contributed by atoms with van der Waals surface area (Å²) in [4.78, 5) is 16.0. The molecule has 0 N–H and O–H groups in total. The van der Waals surface area contributed by atoms with E-state index >= 15 is 0 Å². The van der Waals surface area contributed by atoms with Gasteiger partial charge in [-0.15, -0.1) is 0 Å². The molecule has 0 aliphatic rings. The van der Waals surface area contributed by atoms with Crippen molar-refractivity contribution in [3.8, 4) is 22.8 Å². The van der Waals surface area contributed by atoms with Gasteiger partial charge in [-0.25, -0.2) is 4.98 Å². The Balaban J connectivity index is 1.57. The number of fused-ring (bicyclic) bond motifs is 1. The lowest BCUT2D eigenvalue weighted by Crippen LogP contribution is -2.20. The Labute approximate surface area is 203 Å². The molecule has 2 aromatic carbocycles. The van der Waals surface area contributed by atoms with Gasteiger partial charge in [-0.3, -0.25) is 14.6 Å². The van der Waals surface area contributed by atoms with Crippen LogP contribution >= 0.6 is 0 Å². The third kappa shape index (κ3) is 4.91. The Morgan fingerprint density at radius 2 is 1.71 bits per heavy atom. The van der Waals surface area contributed by atoms with Crippen LogP contribution in [0.3, 0.4) is 0 Å². The van der Waals surface area contributed by atoms with Crippen LogP contribution in [0.15, 0.2) is 79.5 Å². The van der Waals surface area contributed by atoms with Crippen LogP contribution in [0.4, 0.5) is 11.4 Å². The zero-order chi connectivity index (χ0) is 24.2. The summed E-state index contributed by atoms with van der Waals surface area (Å²) < 4.78 is 12.8. The number of aryl methyl sites for hydroxylation is 1. The highest BCUT2D eigenvalue weighted by molar-refractivity contribution is 5.82. The highest BCUT2D eigenvalue weighted by atomic mass is 16.5. The van der Waals surface area contributed by atoms with Gasteiger partial charge in [0, 0.05) is 67.3 Å². The monoisotopic (exact) mass is 466 g/mol. The molecule has 3 aromatic heterocycles. The van der Waals surface area contributed by atoms with Crippen LogP contribution in [0, 0.1) is 0 Å². The van der Waals surface area contributed by atoms with Crippen molar-refractivity contribution in [2.24, 2.45) is 7.05 Å². The van der Waals surface area contributed by atoms with Gasteiger partial charge in [0.05, 0.1) is 43.3 Å². The molecular weight excluding hydrogens is 440 g/mol. The smallest absolute Gasteiger partial charge is 0.124 e. The van der Waals surface area contributed by atoms with E-state index in [0.717, 1.165) is 63.7 Å². The van der Waals surface area contributed by atoms with Crippen molar-refractivity contribution in [2.45, 2.75) is 6.42 Å². The summed E-state index contributed by atoms with van der Waals surface area (Å²) in [5.74, 6) is 1.45. The molecule has 0 atom stereocenters. The van der Waals surface area contributed by atoms with Crippen LogP contribution in [-0.4, -0.2) is 45.5 Å². The molecule has 3 heterocycles. The lowest BCUT2D eigenvalue weighted by atomic mass is 10.1. The first kappa shape index (κ1) is 22.3. The number of pyridine rings is 1. The van der Waals surface area contributed by atoms with Gasteiger partial charge < -0.3 is 14.4 Å². The van der Waals surface area contributed by atoms with E-state index in [4.69, 9.17) is 14.5 Å². The highest BCUT2D eigenvalue weighted by Gasteiger charge is 2.15. The fraction of sp³-hybridized carbons (Fsp3) is 0.185. The Kier molecular flexibility index (Phi) is 6.26. The van der Waals surface area contributed by atoms with E-state index in [-0.39, 0.29) is 0 Å². The number of aromatic nitrogens is 5. The molecular formula is C27H26N6O2. The topological polar surface area (TPSA) is 78.2 Å². The minimum Gasteiger partial charge on any atom is -0.497 e. The third-order valence-corrected chi connectivity index (χ3v) is 5.83. The SMILES string of the molecule is COc1cc(OC)cc(N(CCc2cccnc2)c2ccc3ncc(-c4cnn(C)c4)nc3c2)c1. The summed E-state index contributed by atoms with van der Waals surface area (Å²) in [5.41, 5.74) is 6.47. The second-order valence-electron chi connectivity index (χ2n) is 8.16. The summed E-state index contributed by atoms with van der Waals surface area (Å²) in [5, 5.41) is 4.26. The minimum atomic E-state index is 0.725. The number of methoxy groups -OCH3 is 2. The average Bonchev–Trinajstić information content (AvgIpc) is 3.35. The first-order valence-corrected chi connectivity index (χ1v) is 11.3. The van der Waals surface area contributed by atoms with Crippen LogP contribution in [0.25, 0.3) is 22.3 Å². The van der Waals surface area contributed by atoms with Gasteiger partial charge in [0.15, 0.2) is 0 Å². The van der Waals surface area contributed by atoms with E-state index in [0.29, 0.717) is 0 Å². The molecule has 176 valence electrons. The molecule has 8 nitrogen and oxygen atoms in total. The molecule has 8 heteroatoms. The number of hydrogen-bond donors (Lipinski definition) is 0. The first-order chi connectivity index (χ1) is 17.1. The van der Waals surface area contributed by atoms with Crippen LogP contribution in [-0.2, 0) is 13.5 Å². The number of nitrogens with zero attached hydrogens (tertiary/aromatic N) is 6. The van der Waals surface area contributed by atoms with E-state index in [1.807, 2.05) is 49.8 Å². The van der Waals surface area contributed by atoms with Gasteiger partial charge >= 0.3 is 0 Å². The van der Waals surface area contributed by atoms with E-state index in [9.17, 15) is 0 Å². The third-order valence-electron chi connectivity index (χ3n) is 5.83.